The first-order chi connectivity index (χ1) is 6.31. The summed E-state index contributed by atoms with van der Waals surface area (Å²) in [6, 6.07) is 4.90. The Hall–Kier alpha value is -1.55. The van der Waals surface area contributed by atoms with Gasteiger partial charge in [0, 0.05) is 11.8 Å². The summed E-state index contributed by atoms with van der Waals surface area (Å²) in [5.74, 6) is 0.217. The fraction of sp³-hybridized carbons (Fsp3) is 0.222. The zero-order valence-electron chi connectivity index (χ0n) is 7.03. The zero-order chi connectivity index (χ0) is 9.26. The zero-order valence-corrected chi connectivity index (χ0v) is 7.03. The van der Waals surface area contributed by atoms with Crippen molar-refractivity contribution >= 4 is 11.0 Å². The van der Waals surface area contributed by atoms with Crippen LogP contribution in [0.4, 0.5) is 0 Å². The number of phenols is 1. The molecular formula is C9H10N2O2. The highest BCUT2D eigenvalue weighted by molar-refractivity contribution is 5.80. The van der Waals surface area contributed by atoms with E-state index in [2.05, 4.69) is 5.16 Å². The van der Waals surface area contributed by atoms with E-state index in [0.717, 1.165) is 11.1 Å². The number of hydrogen-bond donors (Lipinski definition) is 2. The van der Waals surface area contributed by atoms with E-state index in [1.54, 1.807) is 18.2 Å². The third kappa shape index (κ3) is 1.36. The van der Waals surface area contributed by atoms with Crippen molar-refractivity contribution in [1.29, 1.82) is 0 Å². The van der Waals surface area contributed by atoms with Gasteiger partial charge in [0.1, 0.15) is 5.75 Å². The molecule has 2 rings (SSSR count). The van der Waals surface area contributed by atoms with Crippen molar-refractivity contribution in [2.45, 2.75) is 6.42 Å². The molecule has 0 amide bonds. The fourth-order valence-corrected chi connectivity index (χ4v) is 1.29. The van der Waals surface area contributed by atoms with Crippen molar-refractivity contribution in [3.8, 4) is 5.75 Å². The van der Waals surface area contributed by atoms with Crippen LogP contribution in [0.15, 0.2) is 22.7 Å². The summed E-state index contributed by atoms with van der Waals surface area (Å²) in [5.41, 5.74) is 6.89. The van der Waals surface area contributed by atoms with Gasteiger partial charge in [-0.3, -0.25) is 0 Å². The third-order valence-corrected chi connectivity index (χ3v) is 1.91. The van der Waals surface area contributed by atoms with Crippen LogP contribution in [0.25, 0.3) is 11.0 Å². The Morgan fingerprint density at radius 2 is 2.31 bits per heavy atom. The lowest BCUT2D eigenvalue weighted by molar-refractivity contribution is 0.445. The van der Waals surface area contributed by atoms with Gasteiger partial charge in [0.2, 0.25) is 0 Å². The van der Waals surface area contributed by atoms with E-state index < -0.39 is 0 Å². The summed E-state index contributed by atoms with van der Waals surface area (Å²) in [4.78, 5) is 0. The Morgan fingerprint density at radius 3 is 3.08 bits per heavy atom. The number of hydrogen-bond acceptors (Lipinski definition) is 4. The van der Waals surface area contributed by atoms with Crippen LogP contribution in [0.3, 0.4) is 0 Å². The maximum atomic E-state index is 9.24. The summed E-state index contributed by atoms with van der Waals surface area (Å²) in [7, 11) is 0. The highest BCUT2D eigenvalue weighted by Gasteiger charge is 2.07. The number of aromatic hydroxyl groups is 1. The van der Waals surface area contributed by atoms with Crippen LogP contribution in [-0.4, -0.2) is 16.8 Å². The molecule has 0 unspecified atom stereocenters. The minimum absolute atomic E-state index is 0.217. The molecule has 0 aliphatic heterocycles. The molecule has 1 aromatic heterocycles. The van der Waals surface area contributed by atoms with Crippen molar-refractivity contribution in [3.05, 3.63) is 23.9 Å². The predicted molar refractivity (Wildman–Crippen MR) is 48.4 cm³/mol. The number of phenolic OH excluding ortho intramolecular Hbond substituents is 1. The highest BCUT2D eigenvalue weighted by atomic mass is 16.5. The maximum Gasteiger partial charge on any atom is 0.167 e. The number of fused-ring (bicyclic) bond motifs is 1. The second-order valence-corrected chi connectivity index (χ2v) is 2.85. The number of rotatable bonds is 2. The van der Waals surface area contributed by atoms with Crippen LogP contribution in [-0.2, 0) is 6.42 Å². The predicted octanol–water partition coefficient (Wildman–Crippen LogP) is 1.03. The van der Waals surface area contributed by atoms with Crippen molar-refractivity contribution in [1.82, 2.24) is 5.16 Å². The summed E-state index contributed by atoms with van der Waals surface area (Å²) >= 11 is 0. The molecule has 13 heavy (non-hydrogen) atoms. The molecule has 0 aliphatic rings. The van der Waals surface area contributed by atoms with E-state index >= 15 is 0 Å². The molecule has 0 saturated carbocycles. The van der Waals surface area contributed by atoms with Gasteiger partial charge in [0.15, 0.2) is 5.58 Å². The molecule has 0 aliphatic carbocycles. The Kier molecular flexibility index (Phi) is 1.90. The SMILES string of the molecule is NCCc1noc2ccc(O)cc12. The van der Waals surface area contributed by atoms with E-state index in [4.69, 9.17) is 10.3 Å². The largest absolute Gasteiger partial charge is 0.508 e. The molecule has 1 heterocycles. The monoisotopic (exact) mass is 178 g/mol. The van der Waals surface area contributed by atoms with Gasteiger partial charge in [-0.15, -0.1) is 0 Å². The molecule has 0 atom stereocenters. The van der Waals surface area contributed by atoms with Crippen molar-refractivity contribution in [2.24, 2.45) is 5.73 Å². The van der Waals surface area contributed by atoms with E-state index in [0.29, 0.717) is 18.5 Å². The average molecular weight is 178 g/mol. The topological polar surface area (TPSA) is 72.3 Å². The van der Waals surface area contributed by atoms with E-state index in [-0.39, 0.29) is 5.75 Å². The van der Waals surface area contributed by atoms with Crippen LogP contribution in [0, 0.1) is 0 Å². The summed E-state index contributed by atoms with van der Waals surface area (Å²) in [6.45, 7) is 0.525. The molecule has 0 bridgehead atoms. The number of nitrogens with zero attached hydrogens (tertiary/aromatic N) is 1. The van der Waals surface area contributed by atoms with Crippen LogP contribution in [0.5, 0.6) is 5.75 Å². The molecule has 2 aromatic rings. The van der Waals surface area contributed by atoms with Crippen LogP contribution < -0.4 is 5.73 Å². The van der Waals surface area contributed by atoms with Crippen molar-refractivity contribution in [3.63, 3.8) is 0 Å². The first-order valence-electron chi connectivity index (χ1n) is 4.08. The smallest absolute Gasteiger partial charge is 0.167 e. The Labute approximate surface area is 74.9 Å². The maximum absolute atomic E-state index is 9.24. The Bertz CT molecular complexity index is 422. The van der Waals surface area contributed by atoms with Crippen LogP contribution in [0.2, 0.25) is 0 Å². The van der Waals surface area contributed by atoms with Gasteiger partial charge in [-0.2, -0.15) is 0 Å². The van der Waals surface area contributed by atoms with Gasteiger partial charge in [-0.1, -0.05) is 5.16 Å². The molecule has 4 heteroatoms. The molecule has 0 spiro atoms. The van der Waals surface area contributed by atoms with E-state index in [1.807, 2.05) is 0 Å². The molecule has 3 N–H and O–H groups in total. The van der Waals surface area contributed by atoms with Crippen molar-refractivity contribution < 1.29 is 9.63 Å². The second kappa shape index (κ2) is 3.06. The van der Waals surface area contributed by atoms with Gasteiger partial charge in [0.05, 0.1) is 5.69 Å². The van der Waals surface area contributed by atoms with Crippen molar-refractivity contribution in [2.75, 3.05) is 6.54 Å². The standard InChI is InChI=1S/C9H10N2O2/c10-4-3-8-7-5-6(12)1-2-9(7)13-11-8/h1-2,5,12H,3-4,10H2. The summed E-state index contributed by atoms with van der Waals surface area (Å²) < 4.78 is 5.04. The van der Waals surface area contributed by atoms with E-state index in [9.17, 15) is 5.11 Å². The first kappa shape index (κ1) is 8.07. The highest BCUT2D eigenvalue weighted by Crippen LogP contribution is 2.22. The van der Waals surface area contributed by atoms with Crippen LogP contribution in [0.1, 0.15) is 5.69 Å². The summed E-state index contributed by atoms with van der Waals surface area (Å²) in [6.07, 6.45) is 0.663. The minimum Gasteiger partial charge on any atom is -0.508 e. The van der Waals surface area contributed by atoms with Gasteiger partial charge < -0.3 is 15.4 Å². The number of aromatic nitrogens is 1. The van der Waals surface area contributed by atoms with Gasteiger partial charge in [-0.05, 0) is 24.7 Å². The molecular weight excluding hydrogens is 168 g/mol. The lowest BCUT2D eigenvalue weighted by atomic mass is 10.1. The molecule has 0 fully saturated rings. The molecule has 68 valence electrons. The number of nitrogens with two attached hydrogens (primary N) is 1. The minimum atomic E-state index is 0.217. The average Bonchev–Trinajstić information content (AvgIpc) is 2.49. The molecule has 0 saturated heterocycles. The third-order valence-electron chi connectivity index (χ3n) is 1.91. The second-order valence-electron chi connectivity index (χ2n) is 2.85. The molecule has 0 radical (unpaired) electrons. The normalized spacial score (nSPS) is 10.8. The Balaban J connectivity index is 2.58. The van der Waals surface area contributed by atoms with Gasteiger partial charge in [0.25, 0.3) is 0 Å². The van der Waals surface area contributed by atoms with Gasteiger partial charge >= 0.3 is 0 Å². The fourth-order valence-electron chi connectivity index (χ4n) is 1.29. The quantitative estimate of drug-likeness (QED) is 0.720. The number of benzene rings is 1. The van der Waals surface area contributed by atoms with Gasteiger partial charge in [-0.25, -0.2) is 0 Å². The lowest BCUT2D eigenvalue weighted by Crippen LogP contribution is -2.02. The van der Waals surface area contributed by atoms with Crippen LogP contribution >= 0.6 is 0 Å². The summed E-state index contributed by atoms with van der Waals surface area (Å²) in [5, 5.41) is 13.9. The van der Waals surface area contributed by atoms with E-state index in [1.165, 1.54) is 0 Å². The Morgan fingerprint density at radius 1 is 1.46 bits per heavy atom. The molecule has 4 nitrogen and oxygen atoms in total. The molecule has 1 aromatic carbocycles. The first-order valence-corrected chi connectivity index (χ1v) is 4.08. The lowest BCUT2D eigenvalue weighted by Gasteiger charge is -1.92.